The molecule has 0 radical (unpaired) electrons. The summed E-state index contributed by atoms with van der Waals surface area (Å²) >= 11 is 1.58. The Kier molecular flexibility index (Phi) is 17.5. The molecule has 5 aromatic rings. The molecule has 0 aliphatic carbocycles. The fourth-order valence-corrected chi connectivity index (χ4v) is 9.13. The van der Waals surface area contributed by atoms with Gasteiger partial charge in [-0.25, -0.2) is 4.98 Å². The number of carbonyl (C=O) groups is 3. The van der Waals surface area contributed by atoms with Crippen molar-refractivity contribution in [1.29, 1.82) is 0 Å². The summed E-state index contributed by atoms with van der Waals surface area (Å²) in [5.41, 5.74) is 9.34. The first-order valence-electron chi connectivity index (χ1n) is 23.0. The number of ether oxygens (including phenoxy) is 1. The quantitative estimate of drug-likeness (QED) is 0.0311. The summed E-state index contributed by atoms with van der Waals surface area (Å²) in [5, 5.41) is 39.8. The number of aliphatic hydroxyl groups is 1. The predicted molar refractivity (Wildman–Crippen MR) is 262 cm³/mol. The van der Waals surface area contributed by atoms with Crippen molar-refractivity contribution in [3.05, 3.63) is 131 Å². The highest BCUT2D eigenvalue weighted by Crippen LogP contribution is 2.36. The van der Waals surface area contributed by atoms with Crippen LogP contribution in [0.3, 0.4) is 0 Å². The third-order valence-corrected chi connectivity index (χ3v) is 12.9. The van der Waals surface area contributed by atoms with E-state index in [1.165, 1.54) is 4.90 Å². The number of thiazole rings is 1. The lowest BCUT2D eigenvalue weighted by Gasteiger charge is -2.35. The van der Waals surface area contributed by atoms with Crippen LogP contribution < -0.4 is 20.7 Å². The summed E-state index contributed by atoms with van der Waals surface area (Å²) in [6, 6.07) is 28.7. The van der Waals surface area contributed by atoms with Crippen molar-refractivity contribution >= 4 is 40.2 Å². The summed E-state index contributed by atoms with van der Waals surface area (Å²) in [6.07, 6.45) is 3.81. The van der Waals surface area contributed by atoms with Crippen molar-refractivity contribution in [2.24, 2.45) is 5.41 Å². The molecule has 1 aliphatic heterocycles. The minimum absolute atomic E-state index is 0.0286. The van der Waals surface area contributed by atoms with E-state index in [1.54, 1.807) is 35.6 Å². The Balaban J connectivity index is 0.895. The van der Waals surface area contributed by atoms with Gasteiger partial charge in [-0.2, -0.15) is 0 Å². The fourth-order valence-electron chi connectivity index (χ4n) is 8.32. The van der Waals surface area contributed by atoms with Gasteiger partial charge in [-0.1, -0.05) is 101 Å². The normalized spacial score (nSPS) is 15.8. The van der Waals surface area contributed by atoms with Gasteiger partial charge in [0.1, 0.15) is 35.9 Å². The average molecular weight is 916 g/mol. The summed E-state index contributed by atoms with van der Waals surface area (Å²) in [6.45, 7) is 12.1. The number of phenolic OH excluding ortho intramolecular Hbond substituents is 2. The number of β-amino-alcohol motifs (C(OH)–C–C–N with tert-alkyl or cyclic N) is 1. The standard InChI is InChI=1S/C53H65N5O7S/c1-6-45(37-16-22-41(59)23-17-37)48(38-18-24-42(60)25-19-38)39-20-26-44(27-21-39)65-30-29-54-28-10-8-7-9-11-47(62)57-50(53(3,4)5)52(64)58-33-43(61)31-46(58)51(63)55-32-36-12-14-40(15-13-36)49-35(2)56-34-66-49/h12-27,34,43,46,50,54,59-61H,6-11,28-33H2,1-5H3,(H,55,63)(H,57,62)/t43-,46+,50?/m1/s1. The molecule has 1 aliphatic rings. The molecule has 12 nitrogen and oxygen atoms in total. The SMILES string of the molecule is CCC(=C(c1ccc(O)cc1)c1ccc(OCCNCCCCCCC(=O)NC(C(=O)N2C[C@H](O)C[C@H]2C(=O)NCc2ccc(-c3scnc3C)cc2)C(C)(C)C)cc1)c1ccc(O)cc1. The largest absolute Gasteiger partial charge is 0.508 e. The monoisotopic (exact) mass is 915 g/mol. The predicted octanol–water partition coefficient (Wildman–Crippen LogP) is 8.63. The zero-order valence-corrected chi connectivity index (χ0v) is 39.6. The zero-order valence-electron chi connectivity index (χ0n) is 38.8. The van der Waals surface area contributed by atoms with Gasteiger partial charge in [-0.15, -0.1) is 11.3 Å². The van der Waals surface area contributed by atoms with Crippen LogP contribution in [0.15, 0.2) is 103 Å². The molecule has 66 heavy (non-hydrogen) atoms. The van der Waals surface area contributed by atoms with Crippen molar-refractivity contribution in [2.45, 2.75) is 104 Å². The molecule has 1 fully saturated rings. The molecule has 1 aromatic heterocycles. The van der Waals surface area contributed by atoms with Crippen LogP contribution in [0.4, 0.5) is 0 Å². The molecule has 4 aromatic carbocycles. The zero-order chi connectivity index (χ0) is 47.2. The Morgan fingerprint density at radius 1 is 0.833 bits per heavy atom. The third kappa shape index (κ3) is 13.5. The number of rotatable bonds is 21. The second-order valence-electron chi connectivity index (χ2n) is 18.0. The van der Waals surface area contributed by atoms with Gasteiger partial charge in [0.15, 0.2) is 0 Å². The number of aryl methyl sites for hydroxylation is 1. The number of unbranched alkanes of at least 4 members (excludes halogenated alkanes) is 3. The molecule has 2 heterocycles. The Morgan fingerprint density at radius 2 is 1.45 bits per heavy atom. The number of phenols is 2. The van der Waals surface area contributed by atoms with Crippen molar-refractivity contribution in [3.63, 3.8) is 0 Å². The van der Waals surface area contributed by atoms with Crippen LogP contribution in [0.5, 0.6) is 17.2 Å². The minimum atomic E-state index is -0.858. The number of hydrogen-bond donors (Lipinski definition) is 6. The van der Waals surface area contributed by atoms with Crippen LogP contribution in [0, 0.1) is 12.3 Å². The van der Waals surface area contributed by atoms with Crippen molar-refractivity contribution in [2.75, 3.05) is 26.2 Å². The van der Waals surface area contributed by atoms with Crippen LogP contribution in [0.25, 0.3) is 21.6 Å². The van der Waals surface area contributed by atoms with Gasteiger partial charge in [-0.3, -0.25) is 14.4 Å². The smallest absolute Gasteiger partial charge is 0.246 e. The molecular weight excluding hydrogens is 851 g/mol. The Labute approximate surface area is 393 Å². The van der Waals surface area contributed by atoms with Gasteiger partial charge >= 0.3 is 0 Å². The lowest BCUT2D eigenvalue weighted by Crippen LogP contribution is -2.57. The molecule has 0 spiro atoms. The number of aromatic nitrogens is 1. The number of hydrogen-bond acceptors (Lipinski definition) is 10. The van der Waals surface area contributed by atoms with E-state index in [0.717, 1.165) is 87.5 Å². The number of allylic oxidation sites excluding steroid dienone is 1. The number of aromatic hydroxyl groups is 2. The molecular formula is C53H65N5O7S. The first-order chi connectivity index (χ1) is 31.7. The van der Waals surface area contributed by atoms with E-state index >= 15 is 0 Å². The molecule has 1 unspecified atom stereocenters. The van der Waals surface area contributed by atoms with Gasteiger partial charge in [0.25, 0.3) is 0 Å². The maximum Gasteiger partial charge on any atom is 0.246 e. The van der Waals surface area contributed by atoms with E-state index in [4.69, 9.17) is 4.74 Å². The van der Waals surface area contributed by atoms with E-state index in [9.17, 15) is 29.7 Å². The first-order valence-corrected chi connectivity index (χ1v) is 23.9. The number of amides is 3. The number of aliphatic hydroxyl groups excluding tert-OH is 1. The van der Waals surface area contributed by atoms with Crippen LogP contribution in [0.2, 0.25) is 0 Å². The van der Waals surface area contributed by atoms with Crippen LogP contribution >= 0.6 is 11.3 Å². The molecule has 350 valence electrons. The van der Waals surface area contributed by atoms with E-state index in [2.05, 4.69) is 27.9 Å². The molecule has 0 saturated carbocycles. The summed E-state index contributed by atoms with van der Waals surface area (Å²) in [7, 11) is 0. The topological polar surface area (TPSA) is 173 Å². The highest BCUT2D eigenvalue weighted by atomic mass is 32.1. The highest BCUT2D eigenvalue weighted by Gasteiger charge is 2.44. The van der Waals surface area contributed by atoms with Gasteiger partial charge in [-0.05, 0) is 114 Å². The summed E-state index contributed by atoms with van der Waals surface area (Å²) < 4.78 is 6.04. The number of benzene rings is 4. The summed E-state index contributed by atoms with van der Waals surface area (Å²) in [4.78, 5) is 47.5. The highest BCUT2D eigenvalue weighted by molar-refractivity contribution is 7.13. The van der Waals surface area contributed by atoms with Gasteiger partial charge < -0.3 is 40.9 Å². The maximum atomic E-state index is 14.0. The Hall–Kier alpha value is -6.02. The molecule has 3 atom stereocenters. The molecule has 13 heteroatoms. The van der Waals surface area contributed by atoms with E-state index in [-0.39, 0.29) is 55.2 Å². The van der Waals surface area contributed by atoms with Crippen LogP contribution in [-0.4, -0.2) is 87.4 Å². The van der Waals surface area contributed by atoms with Gasteiger partial charge in [0.05, 0.1) is 22.2 Å². The number of likely N-dealkylation sites (tertiary alicyclic amines) is 1. The second kappa shape index (κ2) is 23.4. The lowest BCUT2D eigenvalue weighted by molar-refractivity contribution is -0.144. The second-order valence-corrected chi connectivity index (χ2v) is 18.9. The molecule has 6 N–H and O–H groups in total. The van der Waals surface area contributed by atoms with Crippen molar-refractivity contribution in [1.82, 2.24) is 25.8 Å². The Bertz CT molecular complexity index is 2390. The van der Waals surface area contributed by atoms with Crippen molar-refractivity contribution in [3.8, 4) is 27.7 Å². The van der Waals surface area contributed by atoms with E-state index < -0.39 is 23.6 Å². The third-order valence-electron chi connectivity index (χ3n) is 11.9. The van der Waals surface area contributed by atoms with E-state index in [1.807, 2.05) is 106 Å². The maximum absolute atomic E-state index is 14.0. The lowest BCUT2D eigenvalue weighted by atomic mass is 9.85. The fraction of sp³-hybridized carbons (Fsp3) is 0.396. The minimum Gasteiger partial charge on any atom is -0.508 e. The molecule has 6 rings (SSSR count). The van der Waals surface area contributed by atoms with Crippen LogP contribution in [-0.2, 0) is 20.9 Å². The number of nitrogens with zero attached hydrogens (tertiary/aromatic N) is 2. The van der Waals surface area contributed by atoms with Crippen molar-refractivity contribution < 1.29 is 34.4 Å². The number of carbonyl (C=O) groups excluding carboxylic acids is 3. The Morgan fingerprint density at radius 3 is 2.06 bits per heavy atom. The van der Waals surface area contributed by atoms with Gasteiger partial charge in [0, 0.05) is 32.5 Å². The van der Waals surface area contributed by atoms with Gasteiger partial charge in [0.2, 0.25) is 17.7 Å². The van der Waals surface area contributed by atoms with Crippen LogP contribution in [0.1, 0.15) is 101 Å². The first kappa shape index (κ1) is 49.4. The molecule has 1 saturated heterocycles. The number of nitrogens with one attached hydrogen (secondary N) is 3. The average Bonchev–Trinajstić information content (AvgIpc) is 3.92. The molecule has 3 amide bonds. The summed E-state index contributed by atoms with van der Waals surface area (Å²) in [5.74, 6) is 0.277. The molecule has 0 bridgehead atoms. The van der Waals surface area contributed by atoms with E-state index in [0.29, 0.717) is 19.6 Å².